The van der Waals surface area contributed by atoms with Gasteiger partial charge in [-0.1, -0.05) is 103 Å². The predicted octanol–water partition coefficient (Wildman–Crippen LogP) is 12.5. The molecule has 54 heavy (non-hydrogen) atoms. The summed E-state index contributed by atoms with van der Waals surface area (Å²) in [5.41, 5.74) is 10.7. The fourth-order valence-corrected chi connectivity index (χ4v) is 6.66. The van der Waals surface area contributed by atoms with Crippen LogP contribution in [0.25, 0.3) is 0 Å². The molecule has 4 nitrogen and oxygen atoms in total. The van der Waals surface area contributed by atoms with Crippen LogP contribution in [0.1, 0.15) is 22.3 Å². The van der Waals surface area contributed by atoms with E-state index in [2.05, 4.69) is 167 Å². The molecule has 0 aromatic heterocycles. The molecule has 294 valence electrons. The highest BCUT2D eigenvalue weighted by molar-refractivity contribution is 8.93. The highest BCUT2D eigenvalue weighted by atomic mass is 79.9. The minimum Gasteiger partial charge on any atom is -0.387 e. The summed E-state index contributed by atoms with van der Waals surface area (Å²) in [6.45, 7) is 7.52. The number of benzene rings is 3. The number of hydrogen-bond donors (Lipinski definition) is 1. The molecule has 0 radical (unpaired) electrons. The van der Waals surface area contributed by atoms with E-state index < -0.39 is 0 Å². The molecule has 0 saturated carbocycles. The van der Waals surface area contributed by atoms with Crippen LogP contribution in [0.5, 0.6) is 0 Å². The molecule has 0 aliphatic carbocycles. The number of dihydropyridines is 1. The van der Waals surface area contributed by atoms with Gasteiger partial charge in [0.25, 0.3) is 0 Å². The van der Waals surface area contributed by atoms with Gasteiger partial charge in [0.15, 0.2) is 0 Å². The molecule has 7 rings (SSSR count). The van der Waals surface area contributed by atoms with Gasteiger partial charge < -0.3 is 15.1 Å². The number of halogens is 8. The van der Waals surface area contributed by atoms with Crippen LogP contribution in [0.3, 0.4) is 0 Å². The Labute approximate surface area is 406 Å². The van der Waals surface area contributed by atoms with Gasteiger partial charge in [0.1, 0.15) is 19.6 Å². The smallest absolute Gasteiger partial charge is 0.109 e. The lowest BCUT2D eigenvalue weighted by atomic mass is 9.99. The maximum Gasteiger partial charge on any atom is 0.109 e. The molecule has 0 amide bonds. The number of nitrogens with one attached hydrogen (secondary N) is 1. The van der Waals surface area contributed by atoms with Crippen molar-refractivity contribution in [3.8, 4) is 0 Å². The lowest BCUT2D eigenvalue weighted by Gasteiger charge is -2.36. The SMILES string of the molecule is Br.Br.Br.Br.Br.Br.Br.Br.C1=CC(C2=CC[N+](Cc3ccccc3)(Cc3ccc(CN4C=CC(C5=CCN(Cc6ccccc6)C=C5)=CC4)cc3)C=C2)=CCN1. The third-order valence-corrected chi connectivity index (χ3v) is 9.23. The molecule has 0 saturated heterocycles. The van der Waals surface area contributed by atoms with Crippen molar-refractivity contribution in [2.24, 2.45) is 0 Å². The van der Waals surface area contributed by atoms with E-state index in [4.69, 9.17) is 0 Å². The largest absolute Gasteiger partial charge is 0.387 e. The zero-order valence-electron chi connectivity index (χ0n) is 29.8. The van der Waals surface area contributed by atoms with Crippen molar-refractivity contribution in [3.05, 3.63) is 203 Å². The second-order valence-corrected chi connectivity index (χ2v) is 12.7. The zero-order valence-corrected chi connectivity index (χ0v) is 43.5. The summed E-state index contributed by atoms with van der Waals surface area (Å²) >= 11 is 0. The van der Waals surface area contributed by atoms with E-state index in [1.807, 2.05) is 6.20 Å². The van der Waals surface area contributed by atoms with Crippen molar-refractivity contribution in [1.82, 2.24) is 15.1 Å². The van der Waals surface area contributed by atoms with Gasteiger partial charge in [-0.25, -0.2) is 0 Å². The van der Waals surface area contributed by atoms with Gasteiger partial charge in [-0.3, -0.25) is 4.48 Å². The van der Waals surface area contributed by atoms with Gasteiger partial charge in [0.2, 0.25) is 0 Å². The molecule has 3 aromatic carbocycles. The third-order valence-electron chi connectivity index (χ3n) is 9.23. The number of nitrogens with zero attached hydrogens (tertiary/aromatic N) is 3. The minimum atomic E-state index is 0. The lowest BCUT2D eigenvalue weighted by Crippen LogP contribution is -2.42. The number of hydrogen-bond acceptors (Lipinski definition) is 3. The summed E-state index contributed by atoms with van der Waals surface area (Å²) < 4.78 is 0.888. The Bertz CT molecular complexity index is 1790. The summed E-state index contributed by atoms with van der Waals surface area (Å²) in [4.78, 5) is 4.74. The van der Waals surface area contributed by atoms with Gasteiger partial charge >= 0.3 is 0 Å². The lowest BCUT2D eigenvalue weighted by molar-refractivity contribution is -0.901. The molecule has 0 spiro atoms. The van der Waals surface area contributed by atoms with E-state index in [0.29, 0.717) is 0 Å². The maximum atomic E-state index is 3.26. The monoisotopic (exact) mass is 1240 g/mol. The summed E-state index contributed by atoms with van der Waals surface area (Å²) in [5.74, 6) is 0. The van der Waals surface area contributed by atoms with Crippen LogP contribution in [-0.2, 0) is 26.2 Å². The molecule has 0 bridgehead atoms. The average molecular weight is 1250 g/mol. The van der Waals surface area contributed by atoms with Gasteiger partial charge in [0.05, 0.1) is 6.20 Å². The summed E-state index contributed by atoms with van der Waals surface area (Å²) in [6.07, 6.45) is 27.4. The fraction of sp³-hybridized carbons (Fsp3) is 0.190. The highest BCUT2D eigenvalue weighted by Crippen LogP contribution is 2.29. The normalized spacial score (nSPS) is 17.5. The van der Waals surface area contributed by atoms with Crippen molar-refractivity contribution < 1.29 is 4.48 Å². The van der Waals surface area contributed by atoms with Gasteiger partial charge in [-0.15, -0.1) is 136 Å². The molecule has 1 N–H and O–H groups in total. The molecule has 12 heteroatoms. The Hall–Kier alpha value is -1.22. The van der Waals surface area contributed by atoms with Gasteiger partial charge in [0, 0.05) is 56.3 Å². The van der Waals surface area contributed by atoms with Crippen molar-refractivity contribution >= 4 is 136 Å². The second-order valence-electron chi connectivity index (χ2n) is 12.7. The second kappa shape index (κ2) is 27.4. The van der Waals surface area contributed by atoms with Crippen molar-refractivity contribution in [1.29, 1.82) is 0 Å². The number of rotatable bonds is 10. The van der Waals surface area contributed by atoms with E-state index in [0.717, 1.165) is 56.8 Å². The molecule has 4 aliphatic rings. The van der Waals surface area contributed by atoms with Crippen LogP contribution in [-0.4, -0.2) is 40.5 Å². The number of allylic oxidation sites excluding steroid dienone is 8. The predicted molar refractivity (Wildman–Crippen MR) is 272 cm³/mol. The first-order valence-electron chi connectivity index (χ1n) is 16.5. The van der Waals surface area contributed by atoms with Gasteiger partial charge in [-0.2, -0.15) is 0 Å². The number of quaternary nitrogens is 1. The molecular formula is C42H51Br8N4+. The van der Waals surface area contributed by atoms with Crippen LogP contribution in [0.2, 0.25) is 0 Å². The highest BCUT2D eigenvalue weighted by Gasteiger charge is 2.28. The van der Waals surface area contributed by atoms with Crippen LogP contribution < -0.4 is 5.32 Å². The third kappa shape index (κ3) is 15.3. The van der Waals surface area contributed by atoms with E-state index in [-0.39, 0.29) is 136 Å². The Morgan fingerprint density at radius 3 is 1.35 bits per heavy atom. The molecule has 4 aliphatic heterocycles. The Morgan fingerprint density at radius 2 is 0.907 bits per heavy atom. The minimum absolute atomic E-state index is 0. The maximum absolute atomic E-state index is 3.26. The van der Waals surface area contributed by atoms with Gasteiger partial charge in [-0.05, 0) is 70.0 Å². The molecular weight excluding hydrogens is 1200 g/mol. The van der Waals surface area contributed by atoms with Crippen LogP contribution >= 0.6 is 136 Å². The molecule has 1 atom stereocenters. The van der Waals surface area contributed by atoms with Crippen LogP contribution in [0.4, 0.5) is 0 Å². The van der Waals surface area contributed by atoms with Crippen LogP contribution in [0.15, 0.2) is 181 Å². The summed E-state index contributed by atoms with van der Waals surface area (Å²) in [7, 11) is 0. The summed E-state index contributed by atoms with van der Waals surface area (Å²) in [6, 6.07) is 30.9. The van der Waals surface area contributed by atoms with E-state index in [1.165, 1.54) is 44.5 Å². The Kier molecular flexibility index (Phi) is 27.9. The molecule has 3 aromatic rings. The first-order valence-corrected chi connectivity index (χ1v) is 16.5. The first-order chi connectivity index (χ1) is 22.7. The summed E-state index contributed by atoms with van der Waals surface area (Å²) in [5, 5.41) is 3.26. The zero-order chi connectivity index (χ0) is 31.0. The van der Waals surface area contributed by atoms with E-state index in [9.17, 15) is 0 Å². The Balaban J connectivity index is 0. The standard InChI is InChI=1S/C42H43N4.8BrH/c1-3-7-35(8-4-1)31-44-25-17-40(18-26-44)41-19-27-45(28-20-41)32-36-11-13-38(14-12-36)34-46(33-37-9-5-2-6-10-37)29-21-42(22-30-46)39-15-23-43-24-16-39;;;;;;;;/h1-23,25,27,29,43H,24,26,28,30-34H2;8*1H/q+1;;;;;;;;. The Morgan fingerprint density at radius 1 is 0.463 bits per heavy atom. The fourth-order valence-electron chi connectivity index (χ4n) is 6.66. The topological polar surface area (TPSA) is 18.5 Å². The quantitative estimate of drug-likeness (QED) is 0.204. The van der Waals surface area contributed by atoms with Crippen molar-refractivity contribution in [2.45, 2.75) is 26.2 Å². The first kappa shape index (κ1) is 54.9. The van der Waals surface area contributed by atoms with Crippen molar-refractivity contribution in [2.75, 3.05) is 26.2 Å². The average Bonchev–Trinajstić information content (AvgIpc) is 3.11. The van der Waals surface area contributed by atoms with Crippen LogP contribution in [0, 0.1) is 0 Å². The molecule has 1 unspecified atom stereocenters. The van der Waals surface area contributed by atoms with Crippen molar-refractivity contribution in [3.63, 3.8) is 0 Å². The molecule has 0 fully saturated rings. The van der Waals surface area contributed by atoms with E-state index >= 15 is 0 Å². The van der Waals surface area contributed by atoms with E-state index in [1.54, 1.807) is 0 Å². The molecule has 4 heterocycles.